The van der Waals surface area contributed by atoms with Crippen LogP contribution in [0.15, 0.2) is 54.6 Å². The summed E-state index contributed by atoms with van der Waals surface area (Å²) in [6.45, 7) is 9.86. The first-order chi connectivity index (χ1) is 21.2. The van der Waals surface area contributed by atoms with Crippen LogP contribution in [0.5, 0.6) is 6.01 Å². The summed E-state index contributed by atoms with van der Waals surface area (Å²) >= 11 is 1.68. The van der Waals surface area contributed by atoms with E-state index in [1.165, 1.54) is 4.88 Å². The monoisotopic (exact) mass is 618 g/mol. The van der Waals surface area contributed by atoms with Gasteiger partial charge in [0.1, 0.15) is 29.6 Å². The van der Waals surface area contributed by atoms with Gasteiger partial charge in [-0.05, 0) is 61.2 Å². The summed E-state index contributed by atoms with van der Waals surface area (Å²) in [5, 5.41) is 10.3. The van der Waals surface area contributed by atoms with Crippen molar-refractivity contribution in [2.75, 3.05) is 51.4 Å². The van der Waals surface area contributed by atoms with Crippen LogP contribution >= 0.6 is 11.3 Å². The standard InChI is InChI=1S/C33H38N4O6S/c1-5-26-18-27-28(34-32(35-29(27)44-26)41-19-25-20-42-33(2,3)43-25)36-13-15-37(16-14-36)30(40-4)24-8-6-7-23(17-24)21-9-11-22(12-10-21)31(38)39/h6-12,17-18,25,30H,5,13-16,19-20H2,1-4H3,(H,38,39)/t25-,30?/m0/s1. The molecule has 0 spiro atoms. The maximum Gasteiger partial charge on any atom is 0.335 e. The van der Waals surface area contributed by atoms with Crippen LogP contribution in [-0.2, 0) is 20.6 Å². The zero-order valence-corrected chi connectivity index (χ0v) is 26.3. The number of rotatable bonds is 10. The third kappa shape index (κ3) is 6.57. The average molecular weight is 619 g/mol. The molecule has 0 aliphatic carbocycles. The molecule has 2 atom stereocenters. The molecule has 0 bridgehead atoms. The van der Waals surface area contributed by atoms with Crippen LogP contribution in [-0.4, -0.2) is 84.3 Å². The quantitative estimate of drug-likeness (QED) is 0.241. The van der Waals surface area contributed by atoms with E-state index in [1.807, 2.05) is 38.1 Å². The molecule has 11 heteroatoms. The lowest BCUT2D eigenvalue weighted by molar-refractivity contribution is -0.141. The van der Waals surface area contributed by atoms with E-state index in [-0.39, 0.29) is 17.9 Å². The van der Waals surface area contributed by atoms with Gasteiger partial charge in [-0.15, -0.1) is 11.3 Å². The molecule has 4 aromatic rings. The molecule has 10 nitrogen and oxygen atoms in total. The minimum atomic E-state index is -0.932. The molecule has 44 heavy (non-hydrogen) atoms. The number of fused-ring (bicyclic) bond motifs is 1. The lowest BCUT2D eigenvalue weighted by atomic mass is 10.0. The summed E-state index contributed by atoms with van der Waals surface area (Å²) in [6, 6.07) is 17.7. The number of benzene rings is 2. The van der Waals surface area contributed by atoms with Crippen molar-refractivity contribution >= 4 is 33.3 Å². The van der Waals surface area contributed by atoms with Crippen molar-refractivity contribution in [2.45, 2.75) is 45.3 Å². The van der Waals surface area contributed by atoms with Crippen molar-refractivity contribution in [3.8, 4) is 17.1 Å². The molecule has 2 aliphatic rings. The van der Waals surface area contributed by atoms with E-state index in [1.54, 1.807) is 30.6 Å². The van der Waals surface area contributed by atoms with Gasteiger partial charge in [0.25, 0.3) is 0 Å². The van der Waals surface area contributed by atoms with E-state index in [0.717, 1.165) is 65.3 Å². The fourth-order valence-corrected chi connectivity index (χ4v) is 6.72. The lowest BCUT2D eigenvalue weighted by Crippen LogP contribution is -2.48. The summed E-state index contributed by atoms with van der Waals surface area (Å²) in [7, 11) is 1.74. The maximum atomic E-state index is 11.3. The Morgan fingerprint density at radius 2 is 1.86 bits per heavy atom. The van der Waals surface area contributed by atoms with Gasteiger partial charge in [-0.2, -0.15) is 9.97 Å². The molecule has 0 amide bonds. The second-order valence-corrected chi connectivity index (χ2v) is 12.6. The van der Waals surface area contributed by atoms with Crippen LogP contribution in [0.25, 0.3) is 21.3 Å². The third-order valence-electron chi connectivity index (χ3n) is 8.02. The van der Waals surface area contributed by atoms with Gasteiger partial charge in [-0.1, -0.05) is 37.3 Å². The first-order valence-corrected chi connectivity index (χ1v) is 15.7. The van der Waals surface area contributed by atoms with Crippen LogP contribution in [0, 0.1) is 0 Å². The number of piperazine rings is 1. The molecule has 4 heterocycles. The van der Waals surface area contributed by atoms with Crippen molar-refractivity contribution in [3.05, 3.63) is 70.6 Å². The Labute approximate surface area is 261 Å². The summed E-state index contributed by atoms with van der Waals surface area (Å²) in [6.07, 6.45) is 0.551. The molecule has 0 radical (unpaired) electrons. The lowest BCUT2D eigenvalue weighted by Gasteiger charge is -2.39. The number of carboxylic acids is 1. The molecular weight excluding hydrogens is 580 g/mol. The van der Waals surface area contributed by atoms with E-state index in [2.05, 4.69) is 34.9 Å². The van der Waals surface area contributed by atoms with Gasteiger partial charge >= 0.3 is 12.0 Å². The molecule has 1 N–H and O–H groups in total. The van der Waals surface area contributed by atoms with Crippen LogP contribution in [0.1, 0.15) is 47.8 Å². The minimum absolute atomic E-state index is 0.167. The summed E-state index contributed by atoms with van der Waals surface area (Å²) in [4.78, 5) is 27.7. The number of hydrogen-bond acceptors (Lipinski definition) is 10. The van der Waals surface area contributed by atoms with Crippen molar-refractivity contribution in [3.63, 3.8) is 0 Å². The van der Waals surface area contributed by atoms with E-state index in [4.69, 9.17) is 28.9 Å². The Kier molecular flexibility index (Phi) is 8.84. The fourth-order valence-electron chi connectivity index (χ4n) is 5.77. The smallest absolute Gasteiger partial charge is 0.335 e. The molecule has 232 valence electrons. The van der Waals surface area contributed by atoms with Gasteiger partial charge in [-0.25, -0.2) is 4.79 Å². The largest absolute Gasteiger partial charge is 0.478 e. The van der Waals surface area contributed by atoms with Crippen molar-refractivity contribution < 1.29 is 28.8 Å². The summed E-state index contributed by atoms with van der Waals surface area (Å²) in [5.41, 5.74) is 3.29. The molecule has 0 saturated carbocycles. The SMILES string of the molecule is CCc1cc2c(N3CCN(C(OC)c4cccc(-c5ccc(C(=O)O)cc5)c4)CC3)nc(OC[C@H]3COC(C)(C)O3)nc2s1. The Hall–Kier alpha value is -3.61. The Bertz CT molecular complexity index is 1620. The zero-order chi connectivity index (χ0) is 30.8. The van der Waals surface area contributed by atoms with Crippen molar-refractivity contribution in [1.82, 2.24) is 14.9 Å². The van der Waals surface area contributed by atoms with Gasteiger partial charge in [0.05, 0.1) is 17.6 Å². The normalized spacial score (nSPS) is 19.4. The second-order valence-electron chi connectivity index (χ2n) is 11.5. The highest BCUT2D eigenvalue weighted by Gasteiger charge is 2.33. The number of nitrogens with zero attached hydrogens (tertiary/aromatic N) is 4. The first-order valence-electron chi connectivity index (χ1n) is 14.9. The van der Waals surface area contributed by atoms with E-state index >= 15 is 0 Å². The number of carbonyl (C=O) groups is 1. The minimum Gasteiger partial charge on any atom is -0.478 e. The molecule has 2 fully saturated rings. The number of thiophene rings is 1. The molecule has 2 aromatic carbocycles. The number of carboxylic acid groups (broad SMARTS) is 1. The highest BCUT2D eigenvalue weighted by atomic mass is 32.1. The summed E-state index contributed by atoms with van der Waals surface area (Å²) < 4.78 is 23.7. The second kappa shape index (κ2) is 12.8. The fraction of sp³-hybridized carbons (Fsp3) is 0.424. The maximum absolute atomic E-state index is 11.3. The van der Waals surface area contributed by atoms with E-state index < -0.39 is 11.8 Å². The predicted octanol–water partition coefficient (Wildman–Crippen LogP) is 5.62. The Balaban J connectivity index is 1.17. The number of aryl methyl sites for hydroxylation is 1. The van der Waals surface area contributed by atoms with Gasteiger partial charge in [0.15, 0.2) is 5.79 Å². The number of anilines is 1. The molecule has 2 aromatic heterocycles. The molecule has 6 rings (SSSR count). The van der Waals surface area contributed by atoms with Crippen LogP contribution in [0.4, 0.5) is 5.82 Å². The van der Waals surface area contributed by atoms with Gasteiger partial charge in [0.2, 0.25) is 0 Å². The first kappa shape index (κ1) is 30.4. The molecular formula is C33H38N4O6S. The third-order valence-corrected chi connectivity index (χ3v) is 9.20. The highest BCUT2D eigenvalue weighted by molar-refractivity contribution is 7.18. The predicted molar refractivity (Wildman–Crippen MR) is 170 cm³/mol. The zero-order valence-electron chi connectivity index (χ0n) is 25.5. The number of methoxy groups -OCH3 is 1. The van der Waals surface area contributed by atoms with Crippen LogP contribution in [0.2, 0.25) is 0 Å². The molecule has 1 unspecified atom stereocenters. The number of aromatic nitrogens is 2. The molecule has 2 aliphatic heterocycles. The van der Waals surface area contributed by atoms with Gasteiger partial charge in [0, 0.05) is 38.2 Å². The Morgan fingerprint density at radius 1 is 1.09 bits per heavy atom. The van der Waals surface area contributed by atoms with Crippen molar-refractivity contribution in [2.24, 2.45) is 0 Å². The van der Waals surface area contributed by atoms with Crippen LogP contribution in [0.3, 0.4) is 0 Å². The average Bonchev–Trinajstić information content (AvgIpc) is 3.62. The summed E-state index contributed by atoms with van der Waals surface area (Å²) in [5.74, 6) is -0.647. The van der Waals surface area contributed by atoms with Crippen LogP contribution < -0.4 is 9.64 Å². The molecule has 2 saturated heterocycles. The number of hydrogen-bond donors (Lipinski definition) is 1. The van der Waals surface area contributed by atoms with E-state index in [9.17, 15) is 9.90 Å². The number of aromatic carboxylic acids is 1. The number of ether oxygens (including phenoxy) is 4. The van der Waals surface area contributed by atoms with Gasteiger partial charge in [-0.3, -0.25) is 4.90 Å². The van der Waals surface area contributed by atoms with E-state index in [0.29, 0.717) is 19.2 Å². The highest BCUT2D eigenvalue weighted by Crippen LogP contribution is 2.35. The van der Waals surface area contributed by atoms with Gasteiger partial charge < -0.3 is 29.0 Å². The Morgan fingerprint density at radius 3 is 2.52 bits per heavy atom. The van der Waals surface area contributed by atoms with Crippen molar-refractivity contribution in [1.29, 1.82) is 0 Å². The topological polar surface area (TPSA) is 106 Å².